The molecule has 5 rings (SSSR count). The van der Waals surface area contributed by atoms with E-state index in [2.05, 4.69) is 29.6 Å². The number of nitrogens with one attached hydrogen (secondary N) is 1. The topological polar surface area (TPSA) is 125 Å². The summed E-state index contributed by atoms with van der Waals surface area (Å²) in [6, 6.07) is 16.2. The van der Waals surface area contributed by atoms with E-state index in [1.54, 1.807) is 0 Å². The van der Waals surface area contributed by atoms with Crippen LogP contribution in [0.2, 0.25) is 0 Å². The Kier molecular flexibility index (Phi) is 6.21. The summed E-state index contributed by atoms with van der Waals surface area (Å²) in [6.07, 6.45) is -0.472. The Hall–Kier alpha value is -3.43. The summed E-state index contributed by atoms with van der Waals surface area (Å²) < 4.78 is 11.2. The molecule has 2 aromatic carbocycles. The quantitative estimate of drug-likeness (QED) is 0.577. The maximum atomic E-state index is 12.7. The lowest BCUT2D eigenvalue weighted by atomic mass is 9.98. The molecule has 0 saturated carbocycles. The van der Waals surface area contributed by atoms with E-state index in [-0.39, 0.29) is 57.2 Å². The second-order valence-corrected chi connectivity index (χ2v) is 9.44. The summed E-state index contributed by atoms with van der Waals surface area (Å²) in [5.74, 6) is -2.00. The van der Waals surface area contributed by atoms with Crippen LogP contribution < -0.4 is 5.32 Å². The number of carbonyl (C=O) groups excluding carboxylic acids is 2. The van der Waals surface area contributed by atoms with Crippen LogP contribution in [0, 0.1) is 5.92 Å². The van der Waals surface area contributed by atoms with E-state index >= 15 is 0 Å². The molecule has 2 saturated heterocycles. The predicted octanol–water partition coefficient (Wildman–Crippen LogP) is 1.98. The fourth-order valence-corrected chi connectivity index (χ4v) is 5.28. The van der Waals surface area contributed by atoms with Gasteiger partial charge in [-0.15, -0.1) is 0 Å². The number of benzene rings is 2. The summed E-state index contributed by atoms with van der Waals surface area (Å²) >= 11 is 0. The molecule has 1 aliphatic carbocycles. The van der Waals surface area contributed by atoms with Gasteiger partial charge in [-0.1, -0.05) is 48.5 Å². The second kappa shape index (κ2) is 9.31. The average molecular weight is 481 g/mol. The molecule has 184 valence electrons. The van der Waals surface area contributed by atoms with Crippen LogP contribution in [0.1, 0.15) is 29.9 Å². The molecule has 2 amide bonds. The van der Waals surface area contributed by atoms with Gasteiger partial charge >= 0.3 is 12.1 Å². The Balaban J connectivity index is 1.10. The summed E-state index contributed by atoms with van der Waals surface area (Å²) in [6.45, 7) is 0.590. The number of hydrogen-bond acceptors (Lipinski definition) is 6. The summed E-state index contributed by atoms with van der Waals surface area (Å²) in [5.41, 5.74) is 2.71. The largest absolute Gasteiger partial charge is 0.479 e. The molecule has 0 spiro atoms. The van der Waals surface area contributed by atoms with Crippen molar-refractivity contribution in [3.05, 3.63) is 59.7 Å². The number of fused-ring (bicyclic) bond motifs is 3. The van der Waals surface area contributed by atoms with Crippen molar-refractivity contribution in [2.75, 3.05) is 32.8 Å². The minimum absolute atomic E-state index is 0.00835. The zero-order valence-electron chi connectivity index (χ0n) is 19.2. The first-order chi connectivity index (χ1) is 16.9. The highest BCUT2D eigenvalue weighted by atomic mass is 16.5. The van der Waals surface area contributed by atoms with Crippen LogP contribution in [0.5, 0.6) is 0 Å². The summed E-state index contributed by atoms with van der Waals surface area (Å²) in [4.78, 5) is 37.7. The van der Waals surface area contributed by atoms with E-state index < -0.39 is 23.6 Å². The number of carboxylic acids is 1. The summed E-state index contributed by atoms with van der Waals surface area (Å²) in [5, 5.41) is 22.0. The fourth-order valence-electron chi connectivity index (χ4n) is 5.28. The number of carboxylic acid groups (broad SMARTS) is 1. The number of ether oxygens (including phenoxy) is 2. The van der Waals surface area contributed by atoms with Crippen LogP contribution in [0.3, 0.4) is 0 Å². The third-order valence-corrected chi connectivity index (χ3v) is 7.21. The van der Waals surface area contributed by atoms with Crippen LogP contribution in [0.4, 0.5) is 4.79 Å². The van der Waals surface area contributed by atoms with Gasteiger partial charge in [-0.25, -0.2) is 9.59 Å². The monoisotopic (exact) mass is 480 g/mol. The van der Waals surface area contributed by atoms with E-state index in [9.17, 15) is 19.5 Å². The molecule has 2 aliphatic heterocycles. The van der Waals surface area contributed by atoms with Crippen LogP contribution in [-0.2, 0) is 19.1 Å². The standard InChI is InChI=1S/C26H28N2O7/c29-23(28-10-9-26(33,15-28)24(30)31)16-11-17(34-13-16)12-27-25(32)35-14-22-20-7-3-1-5-18(20)19-6-2-4-8-21(19)22/h1-8,16-17,22,33H,9-15H2,(H,27,32)(H,30,31). The van der Waals surface area contributed by atoms with Crippen LogP contribution >= 0.6 is 0 Å². The number of alkyl carbamates (subject to hydrolysis) is 1. The molecule has 9 nitrogen and oxygen atoms in total. The highest BCUT2D eigenvalue weighted by Crippen LogP contribution is 2.44. The number of aliphatic hydroxyl groups is 1. The van der Waals surface area contributed by atoms with E-state index in [1.165, 1.54) is 4.90 Å². The van der Waals surface area contributed by atoms with E-state index in [1.807, 2.05) is 24.3 Å². The molecule has 9 heteroatoms. The number of aliphatic carboxylic acids is 1. The van der Waals surface area contributed by atoms with Crippen molar-refractivity contribution >= 4 is 18.0 Å². The molecular formula is C26H28N2O7. The third-order valence-electron chi connectivity index (χ3n) is 7.21. The molecule has 3 atom stereocenters. The van der Waals surface area contributed by atoms with E-state index in [0.717, 1.165) is 22.3 Å². The molecule has 2 fully saturated rings. The van der Waals surface area contributed by atoms with Gasteiger partial charge in [0, 0.05) is 25.4 Å². The number of rotatable bonds is 6. The van der Waals surface area contributed by atoms with Crippen molar-refractivity contribution in [2.45, 2.75) is 30.5 Å². The Labute approximate surface area is 202 Å². The molecule has 3 aliphatic rings. The highest BCUT2D eigenvalue weighted by Gasteiger charge is 2.46. The molecule has 0 bridgehead atoms. The van der Waals surface area contributed by atoms with Gasteiger partial charge in [0.05, 0.1) is 25.2 Å². The van der Waals surface area contributed by atoms with Gasteiger partial charge in [-0.05, 0) is 28.7 Å². The van der Waals surface area contributed by atoms with E-state index in [0.29, 0.717) is 6.42 Å². The second-order valence-electron chi connectivity index (χ2n) is 9.44. The zero-order chi connectivity index (χ0) is 24.6. The van der Waals surface area contributed by atoms with Gasteiger partial charge in [0.15, 0.2) is 5.60 Å². The van der Waals surface area contributed by atoms with Crippen molar-refractivity contribution in [3.63, 3.8) is 0 Å². The molecule has 3 unspecified atom stereocenters. The van der Waals surface area contributed by atoms with Gasteiger partial charge in [0.25, 0.3) is 0 Å². The lowest BCUT2D eigenvalue weighted by molar-refractivity contribution is -0.157. The van der Waals surface area contributed by atoms with Crippen molar-refractivity contribution in [1.29, 1.82) is 0 Å². The first kappa shape index (κ1) is 23.3. The molecular weight excluding hydrogens is 452 g/mol. The number of amides is 2. The number of β-amino-alcohol motifs (C(OH)–C–C–N with tert-alkyl or cyclic N) is 1. The van der Waals surface area contributed by atoms with Crippen LogP contribution in [0.25, 0.3) is 11.1 Å². The Bertz CT molecular complexity index is 1110. The Morgan fingerprint density at radius 2 is 1.74 bits per heavy atom. The number of carbonyl (C=O) groups is 3. The smallest absolute Gasteiger partial charge is 0.407 e. The lowest BCUT2D eigenvalue weighted by Gasteiger charge is -2.21. The number of hydrogen-bond donors (Lipinski definition) is 3. The van der Waals surface area contributed by atoms with Crippen molar-refractivity contribution in [1.82, 2.24) is 10.2 Å². The minimum Gasteiger partial charge on any atom is -0.479 e. The van der Waals surface area contributed by atoms with Gasteiger partial charge in [0.1, 0.15) is 6.61 Å². The molecule has 0 aromatic heterocycles. The average Bonchev–Trinajstić information content (AvgIpc) is 3.58. The SMILES string of the molecule is O=C(NCC1CC(C(=O)N2CCC(O)(C(=O)O)C2)CO1)OCC1c2ccccc2-c2ccccc21. The van der Waals surface area contributed by atoms with Crippen LogP contribution in [0.15, 0.2) is 48.5 Å². The van der Waals surface area contributed by atoms with Gasteiger partial charge in [0.2, 0.25) is 5.91 Å². The molecule has 2 heterocycles. The lowest BCUT2D eigenvalue weighted by Crippen LogP contribution is -2.44. The maximum Gasteiger partial charge on any atom is 0.407 e. The number of nitrogens with zero attached hydrogens (tertiary/aromatic N) is 1. The zero-order valence-corrected chi connectivity index (χ0v) is 19.2. The first-order valence-corrected chi connectivity index (χ1v) is 11.8. The molecule has 35 heavy (non-hydrogen) atoms. The van der Waals surface area contributed by atoms with Gasteiger partial charge in [-0.2, -0.15) is 0 Å². The normalized spacial score (nSPS) is 25.2. The molecule has 0 radical (unpaired) electrons. The van der Waals surface area contributed by atoms with Crippen molar-refractivity contribution < 1.29 is 34.1 Å². The maximum absolute atomic E-state index is 12.7. The third kappa shape index (κ3) is 4.49. The van der Waals surface area contributed by atoms with Gasteiger partial charge in [-0.3, -0.25) is 4.79 Å². The van der Waals surface area contributed by atoms with Crippen molar-refractivity contribution in [3.8, 4) is 11.1 Å². The van der Waals surface area contributed by atoms with E-state index in [4.69, 9.17) is 14.6 Å². The Morgan fingerprint density at radius 3 is 2.37 bits per heavy atom. The van der Waals surface area contributed by atoms with Gasteiger partial charge < -0.3 is 29.9 Å². The Morgan fingerprint density at radius 1 is 1.09 bits per heavy atom. The minimum atomic E-state index is -1.89. The first-order valence-electron chi connectivity index (χ1n) is 11.8. The number of likely N-dealkylation sites (tertiary alicyclic amines) is 1. The molecule has 3 N–H and O–H groups in total. The summed E-state index contributed by atoms with van der Waals surface area (Å²) in [7, 11) is 0. The highest BCUT2D eigenvalue weighted by molar-refractivity contribution is 5.83. The van der Waals surface area contributed by atoms with Crippen LogP contribution in [-0.4, -0.2) is 77.6 Å². The van der Waals surface area contributed by atoms with Crippen molar-refractivity contribution in [2.24, 2.45) is 5.92 Å². The predicted molar refractivity (Wildman–Crippen MR) is 125 cm³/mol. The fraction of sp³-hybridized carbons (Fsp3) is 0.423. The molecule has 2 aromatic rings.